The molecular formula is C22H20FN5O6S. The van der Waals surface area contributed by atoms with Crippen LogP contribution >= 0.6 is 0 Å². The van der Waals surface area contributed by atoms with Gasteiger partial charge in [-0.1, -0.05) is 12.1 Å². The van der Waals surface area contributed by atoms with Gasteiger partial charge in [0.05, 0.1) is 31.6 Å². The van der Waals surface area contributed by atoms with Gasteiger partial charge in [0, 0.05) is 36.6 Å². The molecule has 0 unspecified atom stereocenters. The number of aromatic nitrogens is 2. The van der Waals surface area contributed by atoms with Crippen LogP contribution < -0.4 is 18.9 Å². The van der Waals surface area contributed by atoms with Gasteiger partial charge >= 0.3 is 6.09 Å². The predicted octanol–water partition coefficient (Wildman–Crippen LogP) is 2.52. The Labute approximate surface area is 200 Å². The van der Waals surface area contributed by atoms with E-state index in [-0.39, 0.29) is 36.9 Å². The Hall–Kier alpha value is -3.81. The average molecular weight is 501 g/mol. The lowest BCUT2D eigenvalue weighted by Crippen LogP contribution is -2.63. The third kappa shape index (κ3) is 4.24. The molecule has 0 aliphatic carbocycles. The number of hydrogen-bond donors (Lipinski definition) is 2. The van der Waals surface area contributed by atoms with E-state index >= 15 is 4.39 Å². The van der Waals surface area contributed by atoms with Crippen molar-refractivity contribution in [2.45, 2.75) is 12.1 Å². The lowest BCUT2D eigenvalue weighted by atomic mass is 9.84. The summed E-state index contributed by atoms with van der Waals surface area (Å²) in [5, 5.41) is 0. The van der Waals surface area contributed by atoms with E-state index < -0.39 is 27.7 Å². The quantitative estimate of drug-likeness (QED) is 0.505. The summed E-state index contributed by atoms with van der Waals surface area (Å²) in [5.74, 6) is 0.179. The minimum atomic E-state index is -3.92. The van der Waals surface area contributed by atoms with Crippen molar-refractivity contribution in [2.24, 2.45) is 0 Å². The number of anilines is 1. The number of ether oxygens (including phenoxy) is 3. The Morgan fingerprint density at radius 3 is 2.74 bits per heavy atom. The molecule has 1 amide bonds. The molecule has 1 spiro atoms. The Morgan fingerprint density at radius 1 is 1.23 bits per heavy atom. The van der Waals surface area contributed by atoms with Crippen molar-refractivity contribution < 1.29 is 31.8 Å². The summed E-state index contributed by atoms with van der Waals surface area (Å²) < 4.78 is 59.7. The second-order valence-corrected chi connectivity index (χ2v) is 9.49. The summed E-state index contributed by atoms with van der Waals surface area (Å²) in [6, 6.07) is 9.30. The fourth-order valence-corrected chi connectivity index (χ4v) is 4.48. The van der Waals surface area contributed by atoms with Gasteiger partial charge in [-0.25, -0.2) is 18.9 Å². The van der Waals surface area contributed by atoms with Crippen LogP contribution in [0, 0.1) is 5.82 Å². The van der Waals surface area contributed by atoms with Crippen LogP contribution in [0.2, 0.25) is 0 Å². The van der Waals surface area contributed by atoms with Crippen molar-refractivity contribution in [3.63, 3.8) is 0 Å². The minimum absolute atomic E-state index is 0.107. The van der Waals surface area contributed by atoms with E-state index in [1.165, 1.54) is 48.7 Å². The zero-order valence-electron chi connectivity index (χ0n) is 18.4. The minimum Gasteiger partial charge on any atom is -0.437 e. The maximum atomic E-state index is 15.2. The van der Waals surface area contributed by atoms with Crippen molar-refractivity contribution in [3.05, 3.63) is 71.9 Å². The highest BCUT2D eigenvalue weighted by Gasteiger charge is 2.53. The molecule has 0 saturated carbocycles. The number of benzene rings is 2. The molecule has 0 atom stereocenters. The molecule has 0 bridgehead atoms. The molecule has 2 N–H and O–H groups in total. The Kier molecular flexibility index (Phi) is 5.75. The van der Waals surface area contributed by atoms with Crippen LogP contribution in [0.15, 0.2) is 55.0 Å². The molecule has 2 aliphatic heterocycles. The van der Waals surface area contributed by atoms with Gasteiger partial charge in [-0.05, 0) is 18.2 Å². The number of nitrogens with zero attached hydrogens (tertiary/aromatic N) is 3. The number of carbonyl (C=O) groups is 1. The van der Waals surface area contributed by atoms with Crippen LogP contribution in [0.25, 0.3) is 0 Å². The summed E-state index contributed by atoms with van der Waals surface area (Å²) in [7, 11) is -2.72. The number of nitrogens with one attached hydrogen (secondary N) is 2. The monoisotopic (exact) mass is 501 g/mol. The van der Waals surface area contributed by atoms with E-state index in [1.807, 2.05) is 0 Å². The molecule has 5 rings (SSSR count). The molecule has 3 aromatic rings. The van der Waals surface area contributed by atoms with Crippen molar-refractivity contribution in [2.75, 3.05) is 25.0 Å². The van der Waals surface area contributed by atoms with Gasteiger partial charge in [-0.3, -0.25) is 14.6 Å². The Bertz CT molecular complexity index is 1380. The van der Waals surface area contributed by atoms with Crippen molar-refractivity contribution >= 4 is 22.0 Å². The van der Waals surface area contributed by atoms with E-state index in [0.29, 0.717) is 17.1 Å². The van der Waals surface area contributed by atoms with Crippen molar-refractivity contribution in [1.29, 1.82) is 0 Å². The molecule has 1 aromatic heterocycles. The van der Waals surface area contributed by atoms with E-state index in [1.54, 1.807) is 18.2 Å². The lowest BCUT2D eigenvalue weighted by molar-refractivity contribution is -0.143. The maximum Gasteiger partial charge on any atom is 0.416 e. The molecule has 1 saturated heterocycles. The highest BCUT2D eigenvalue weighted by Crippen LogP contribution is 2.47. The van der Waals surface area contributed by atoms with E-state index in [2.05, 4.69) is 19.4 Å². The molecule has 3 heterocycles. The van der Waals surface area contributed by atoms with Crippen molar-refractivity contribution in [1.82, 2.24) is 19.6 Å². The first-order chi connectivity index (χ1) is 16.8. The summed E-state index contributed by atoms with van der Waals surface area (Å²) in [6.45, 7) is 0.209. The first-order valence-electron chi connectivity index (χ1n) is 10.5. The smallest absolute Gasteiger partial charge is 0.416 e. The molecule has 11 nitrogen and oxygen atoms in total. The zero-order chi connectivity index (χ0) is 24.6. The zero-order valence-corrected chi connectivity index (χ0v) is 19.2. The van der Waals surface area contributed by atoms with Gasteiger partial charge in [-0.15, -0.1) is 0 Å². The fourth-order valence-electron chi connectivity index (χ4n) is 3.93. The van der Waals surface area contributed by atoms with Crippen LogP contribution in [0.4, 0.5) is 14.9 Å². The average Bonchev–Trinajstić information content (AvgIpc) is 2.81. The van der Waals surface area contributed by atoms with E-state index in [9.17, 15) is 13.2 Å². The molecule has 182 valence electrons. The maximum absolute atomic E-state index is 15.2. The van der Waals surface area contributed by atoms with Gasteiger partial charge in [0.25, 0.3) is 10.2 Å². The van der Waals surface area contributed by atoms with E-state index in [4.69, 9.17) is 14.2 Å². The van der Waals surface area contributed by atoms with Crippen LogP contribution in [-0.2, 0) is 27.0 Å². The van der Waals surface area contributed by atoms with Gasteiger partial charge in [0.2, 0.25) is 5.88 Å². The summed E-state index contributed by atoms with van der Waals surface area (Å²) in [4.78, 5) is 22.4. The number of amides is 1. The van der Waals surface area contributed by atoms with Gasteiger partial charge in [0.1, 0.15) is 17.0 Å². The Balaban J connectivity index is 1.44. The summed E-state index contributed by atoms with van der Waals surface area (Å²) in [5.41, 5.74) is -0.326. The SMILES string of the molecule is CNS(=O)(=O)Nc1cccc(CN2C(=O)Oc3cc(Oc4cnccn4)ccc3C23COC3)c1F. The highest BCUT2D eigenvalue weighted by atomic mass is 32.2. The highest BCUT2D eigenvalue weighted by molar-refractivity contribution is 7.90. The number of halogens is 1. The molecule has 35 heavy (non-hydrogen) atoms. The number of carbonyl (C=O) groups excluding carboxylic acids is 1. The van der Waals surface area contributed by atoms with Gasteiger partial charge in [0.15, 0.2) is 5.82 Å². The normalized spacial score (nSPS) is 16.3. The predicted molar refractivity (Wildman–Crippen MR) is 121 cm³/mol. The third-order valence-electron chi connectivity index (χ3n) is 5.75. The molecular weight excluding hydrogens is 481 g/mol. The topological polar surface area (TPSA) is 132 Å². The molecule has 0 radical (unpaired) electrons. The molecule has 2 aromatic carbocycles. The van der Waals surface area contributed by atoms with E-state index in [0.717, 1.165) is 0 Å². The van der Waals surface area contributed by atoms with Crippen LogP contribution in [0.3, 0.4) is 0 Å². The summed E-state index contributed by atoms with van der Waals surface area (Å²) >= 11 is 0. The first-order valence-corrected chi connectivity index (χ1v) is 11.9. The van der Waals surface area contributed by atoms with Crippen LogP contribution in [0.1, 0.15) is 11.1 Å². The Morgan fingerprint density at radius 2 is 2.06 bits per heavy atom. The second kappa shape index (κ2) is 8.76. The molecule has 1 fully saturated rings. The molecule has 2 aliphatic rings. The lowest BCUT2D eigenvalue weighted by Gasteiger charge is -2.51. The fraction of sp³-hybridized carbons (Fsp3) is 0.227. The largest absolute Gasteiger partial charge is 0.437 e. The van der Waals surface area contributed by atoms with Gasteiger partial charge < -0.3 is 14.2 Å². The third-order valence-corrected chi connectivity index (χ3v) is 6.78. The number of rotatable bonds is 7. The first kappa shape index (κ1) is 23.0. The standard InChI is InChI=1S/C22H20FN5O6S/c1-24-35(30,31)27-17-4-2-3-14(20(17)23)11-28-21(29)34-18-9-15(33-19-10-25-7-8-26-19)5-6-16(18)22(28)12-32-13-22/h2-10,24,27H,11-13H2,1H3. The second-order valence-electron chi connectivity index (χ2n) is 7.87. The van der Waals surface area contributed by atoms with Gasteiger partial charge in [-0.2, -0.15) is 8.42 Å². The van der Waals surface area contributed by atoms with Crippen molar-refractivity contribution in [3.8, 4) is 17.4 Å². The van der Waals surface area contributed by atoms with Crippen LogP contribution in [0.5, 0.6) is 17.4 Å². The number of fused-ring (bicyclic) bond motifs is 2. The summed E-state index contributed by atoms with van der Waals surface area (Å²) in [6.07, 6.45) is 3.76. The number of hydrogen-bond acceptors (Lipinski definition) is 8. The van der Waals surface area contributed by atoms with Crippen LogP contribution in [-0.4, -0.2) is 49.6 Å². The molecule has 13 heteroatoms.